The second kappa shape index (κ2) is 7.10. The zero-order valence-corrected chi connectivity index (χ0v) is 13.9. The molecule has 2 heterocycles. The summed E-state index contributed by atoms with van der Waals surface area (Å²) >= 11 is 0. The minimum absolute atomic E-state index is 0.139. The van der Waals surface area contributed by atoms with Crippen LogP contribution in [0.15, 0.2) is 28.8 Å². The SMILES string of the molecule is Cc1nc([C@@H]2CN(Cc3ccccc3OC(C)C)CCO2)no1. The number of morpholine rings is 1. The van der Waals surface area contributed by atoms with E-state index in [1.165, 1.54) is 5.56 Å². The highest BCUT2D eigenvalue weighted by Crippen LogP contribution is 2.25. The van der Waals surface area contributed by atoms with Gasteiger partial charge in [-0.25, -0.2) is 0 Å². The number of para-hydroxylation sites is 1. The molecule has 1 aliphatic rings. The van der Waals surface area contributed by atoms with Gasteiger partial charge in [0.15, 0.2) is 0 Å². The van der Waals surface area contributed by atoms with Crippen molar-refractivity contribution in [2.24, 2.45) is 0 Å². The highest BCUT2D eigenvalue weighted by Gasteiger charge is 2.26. The number of aromatic nitrogens is 2. The van der Waals surface area contributed by atoms with Crippen molar-refractivity contribution in [1.82, 2.24) is 15.0 Å². The Hall–Kier alpha value is -1.92. The smallest absolute Gasteiger partial charge is 0.223 e. The molecule has 1 atom stereocenters. The normalized spacial score (nSPS) is 19.2. The fourth-order valence-corrected chi connectivity index (χ4v) is 2.69. The summed E-state index contributed by atoms with van der Waals surface area (Å²) in [6, 6.07) is 8.19. The maximum Gasteiger partial charge on any atom is 0.223 e. The van der Waals surface area contributed by atoms with Gasteiger partial charge in [0.2, 0.25) is 11.7 Å². The zero-order valence-electron chi connectivity index (χ0n) is 13.9. The van der Waals surface area contributed by atoms with Gasteiger partial charge in [-0.2, -0.15) is 4.98 Å². The van der Waals surface area contributed by atoms with Gasteiger partial charge in [0.05, 0.1) is 12.7 Å². The number of nitrogens with zero attached hydrogens (tertiary/aromatic N) is 3. The predicted molar refractivity (Wildman–Crippen MR) is 85.2 cm³/mol. The van der Waals surface area contributed by atoms with E-state index in [1.54, 1.807) is 6.92 Å². The van der Waals surface area contributed by atoms with Crippen molar-refractivity contribution in [2.45, 2.75) is 39.5 Å². The third kappa shape index (κ3) is 4.09. The molecule has 0 aliphatic carbocycles. The van der Waals surface area contributed by atoms with E-state index in [-0.39, 0.29) is 12.2 Å². The first-order chi connectivity index (χ1) is 11.1. The number of hydrogen-bond acceptors (Lipinski definition) is 6. The van der Waals surface area contributed by atoms with Crippen LogP contribution in [0.5, 0.6) is 5.75 Å². The monoisotopic (exact) mass is 317 g/mol. The fraction of sp³-hybridized carbons (Fsp3) is 0.529. The number of ether oxygens (including phenoxy) is 2. The lowest BCUT2D eigenvalue weighted by molar-refractivity contribution is -0.0383. The Kier molecular flexibility index (Phi) is 4.93. The Morgan fingerprint density at radius 2 is 2.17 bits per heavy atom. The van der Waals surface area contributed by atoms with Crippen LogP contribution >= 0.6 is 0 Å². The lowest BCUT2D eigenvalue weighted by atomic mass is 10.1. The van der Waals surface area contributed by atoms with E-state index in [4.69, 9.17) is 14.0 Å². The summed E-state index contributed by atoms with van der Waals surface area (Å²) < 4.78 is 16.7. The van der Waals surface area contributed by atoms with Crippen LogP contribution in [0.25, 0.3) is 0 Å². The molecule has 0 radical (unpaired) electrons. The molecule has 0 spiro atoms. The molecule has 1 saturated heterocycles. The number of benzene rings is 1. The largest absolute Gasteiger partial charge is 0.491 e. The molecule has 1 aromatic heterocycles. The van der Waals surface area contributed by atoms with E-state index in [0.717, 1.165) is 25.4 Å². The lowest BCUT2D eigenvalue weighted by Gasteiger charge is -2.31. The summed E-state index contributed by atoms with van der Waals surface area (Å²) in [7, 11) is 0. The molecule has 0 unspecified atom stereocenters. The van der Waals surface area contributed by atoms with E-state index < -0.39 is 0 Å². The van der Waals surface area contributed by atoms with Crippen molar-refractivity contribution >= 4 is 0 Å². The molecule has 1 fully saturated rings. The molecular formula is C17H23N3O3. The van der Waals surface area contributed by atoms with Crippen molar-refractivity contribution < 1.29 is 14.0 Å². The Bertz CT molecular complexity index is 642. The first-order valence-corrected chi connectivity index (χ1v) is 8.00. The maximum absolute atomic E-state index is 5.90. The summed E-state index contributed by atoms with van der Waals surface area (Å²) in [4.78, 5) is 6.61. The summed E-state index contributed by atoms with van der Waals surface area (Å²) in [5.41, 5.74) is 1.19. The maximum atomic E-state index is 5.90. The average Bonchev–Trinajstić information content (AvgIpc) is 2.96. The highest BCUT2D eigenvalue weighted by atomic mass is 16.5. The first kappa shape index (κ1) is 16.0. The molecule has 23 heavy (non-hydrogen) atoms. The minimum Gasteiger partial charge on any atom is -0.491 e. The average molecular weight is 317 g/mol. The van der Waals surface area contributed by atoms with E-state index >= 15 is 0 Å². The molecule has 0 saturated carbocycles. The molecule has 6 heteroatoms. The second-order valence-electron chi connectivity index (χ2n) is 6.04. The van der Waals surface area contributed by atoms with Crippen LogP contribution < -0.4 is 4.74 Å². The Morgan fingerprint density at radius 1 is 1.35 bits per heavy atom. The summed E-state index contributed by atoms with van der Waals surface area (Å²) in [5, 5.41) is 3.98. The van der Waals surface area contributed by atoms with Gasteiger partial charge in [-0.05, 0) is 19.9 Å². The molecule has 2 aromatic rings. The Balaban J connectivity index is 1.68. The van der Waals surface area contributed by atoms with Gasteiger partial charge in [-0.1, -0.05) is 23.4 Å². The Morgan fingerprint density at radius 3 is 2.91 bits per heavy atom. The zero-order chi connectivity index (χ0) is 16.2. The van der Waals surface area contributed by atoms with E-state index in [0.29, 0.717) is 18.3 Å². The third-order valence-electron chi connectivity index (χ3n) is 3.71. The van der Waals surface area contributed by atoms with E-state index in [2.05, 4.69) is 21.1 Å². The van der Waals surface area contributed by atoms with Crippen LogP contribution in [0.2, 0.25) is 0 Å². The standard InChI is InChI=1S/C17H23N3O3/c1-12(2)22-15-7-5-4-6-14(15)10-20-8-9-21-16(11-20)17-18-13(3)23-19-17/h4-7,12,16H,8-11H2,1-3H3/t16-/m0/s1. The molecule has 6 nitrogen and oxygen atoms in total. The molecule has 0 bridgehead atoms. The van der Waals surface area contributed by atoms with Crippen molar-refractivity contribution in [2.75, 3.05) is 19.7 Å². The van der Waals surface area contributed by atoms with Gasteiger partial charge < -0.3 is 14.0 Å². The summed E-state index contributed by atoms with van der Waals surface area (Å²) in [6.07, 6.45) is 0.0234. The van der Waals surface area contributed by atoms with Crippen molar-refractivity contribution in [3.05, 3.63) is 41.5 Å². The third-order valence-corrected chi connectivity index (χ3v) is 3.71. The van der Waals surface area contributed by atoms with Gasteiger partial charge in [-0.3, -0.25) is 4.90 Å². The topological polar surface area (TPSA) is 60.6 Å². The molecule has 124 valence electrons. The van der Waals surface area contributed by atoms with Crippen LogP contribution in [0, 0.1) is 6.92 Å². The van der Waals surface area contributed by atoms with Crippen LogP contribution in [-0.2, 0) is 11.3 Å². The molecule has 3 rings (SSSR count). The van der Waals surface area contributed by atoms with Crippen molar-refractivity contribution in [3.63, 3.8) is 0 Å². The van der Waals surface area contributed by atoms with E-state index in [1.807, 2.05) is 32.0 Å². The van der Waals surface area contributed by atoms with Gasteiger partial charge in [-0.15, -0.1) is 0 Å². The lowest BCUT2D eigenvalue weighted by Crippen LogP contribution is -2.38. The molecule has 1 aromatic carbocycles. The quantitative estimate of drug-likeness (QED) is 0.845. The highest BCUT2D eigenvalue weighted by molar-refractivity contribution is 5.33. The predicted octanol–water partition coefficient (Wildman–Crippen LogP) is 2.74. The van der Waals surface area contributed by atoms with Gasteiger partial charge in [0.1, 0.15) is 11.9 Å². The molecular weight excluding hydrogens is 294 g/mol. The van der Waals surface area contributed by atoms with Gasteiger partial charge in [0.25, 0.3) is 0 Å². The summed E-state index contributed by atoms with van der Waals surface area (Å²) in [5.74, 6) is 2.14. The van der Waals surface area contributed by atoms with Crippen molar-refractivity contribution in [1.29, 1.82) is 0 Å². The van der Waals surface area contributed by atoms with Crippen LogP contribution in [0.4, 0.5) is 0 Å². The van der Waals surface area contributed by atoms with Crippen LogP contribution in [-0.4, -0.2) is 40.8 Å². The number of aryl methyl sites for hydroxylation is 1. The summed E-state index contributed by atoms with van der Waals surface area (Å²) in [6.45, 7) is 8.97. The van der Waals surface area contributed by atoms with Gasteiger partial charge >= 0.3 is 0 Å². The first-order valence-electron chi connectivity index (χ1n) is 8.00. The molecule has 0 N–H and O–H groups in total. The van der Waals surface area contributed by atoms with E-state index in [9.17, 15) is 0 Å². The van der Waals surface area contributed by atoms with Gasteiger partial charge in [0, 0.05) is 32.1 Å². The number of rotatable bonds is 5. The second-order valence-corrected chi connectivity index (χ2v) is 6.04. The van der Waals surface area contributed by atoms with Crippen molar-refractivity contribution in [3.8, 4) is 5.75 Å². The molecule has 0 amide bonds. The van der Waals surface area contributed by atoms with Crippen LogP contribution in [0.3, 0.4) is 0 Å². The number of hydrogen-bond donors (Lipinski definition) is 0. The Labute approximate surface area is 136 Å². The molecule has 1 aliphatic heterocycles. The fourth-order valence-electron chi connectivity index (χ4n) is 2.69. The minimum atomic E-state index is -0.139. The van der Waals surface area contributed by atoms with Crippen LogP contribution in [0.1, 0.15) is 37.2 Å².